The van der Waals surface area contributed by atoms with Crippen molar-refractivity contribution in [3.63, 3.8) is 0 Å². The molecule has 0 saturated heterocycles. The summed E-state index contributed by atoms with van der Waals surface area (Å²) in [5.74, 6) is 0. The van der Waals surface area contributed by atoms with E-state index in [1.54, 1.807) is 12.1 Å². The average molecular weight is 257 g/mol. The number of carbonyl (C=O) groups is 1. The van der Waals surface area contributed by atoms with Crippen LogP contribution in [-0.4, -0.2) is 23.0 Å². The second-order valence-electron chi connectivity index (χ2n) is 5.25. The average Bonchev–Trinajstić information content (AvgIpc) is 3.20. The van der Waals surface area contributed by atoms with Gasteiger partial charge in [0.05, 0.1) is 11.6 Å². The Morgan fingerprint density at radius 3 is 2.53 bits per heavy atom. The first kappa shape index (κ1) is 13.4. The van der Waals surface area contributed by atoms with E-state index in [1.165, 1.54) is 0 Å². The lowest BCUT2D eigenvalue weighted by molar-refractivity contribution is 0.179. The van der Waals surface area contributed by atoms with E-state index in [4.69, 9.17) is 5.26 Å². The highest BCUT2D eigenvalue weighted by Crippen LogP contribution is 2.20. The molecule has 1 aromatic carbocycles. The molecule has 0 unspecified atom stereocenters. The lowest BCUT2D eigenvalue weighted by atomic mass is 10.1. The third-order valence-electron chi connectivity index (χ3n) is 3.23. The van der Waals surface area contributed by atoms with E-state index >= 15 is 0 Å². The van der Waals surface area contributed by atoms with Crippen molar-refractivity contribution in [2.24, 2.45) is 0 Å². The largest absolute Gasteiger partial charge is 0.335 e. The van der Waals surface area contributed by atoms with E-state index in [2.05, 4.69) is 11.4 Å². The van der Waals surface area contributed by atoms with Gasteiger partial charge in [-0.2, -0.15) is 5.26 Å². The predicted octanol–water partition coefficient (Wildman–Crippen LogP) is 2.64. The molecule has 4 nitrogen and oxygen atoms in total. The van der Waals surface area contributed by atoms with Gasteiger partial charge in [-0.3, -0.25) is 0 Å². The Balaban J connectivity index is 2.02. The van der Waals surface area contributed by atoms with E-state index < -0.39 is 0 Å². The van der Waals surface area contributed by atoms with Crippen molar-refractivity contribution in [1.29, 1.82) is 5.26 Å². The molecule has 1 N–H and O–H groups in total. The maximum Gasteiger partial charge on any atom is 0.318 e. The molecule has 0 aromatic heterocycles. The van der Waals surface area contributed by atoms with Gasteiger partial charge in [0, 0.05) is 18.6 Å². The van der Waals surface area contributed by atoms with Gasteiger partial charge < -0.3 is 10.2 Å². The van der Waals surface area contributed by atoms with Crippen molar-refractivity contribution in [1.82, 2.24) is 10.2 Å². The number of nitriles is 1. The number of urea groups is 1. The van der Waals surface area contributed by atoms with E-state index in [9.17, 15) is 4.79 Å². The Kier molecular flexibility index (Phi) is 4.06. The molecule has 19 heavy (non-hydrogen) atoms. The lowest BCUT2D eigenvalue weighted by Gasteiger charge is -2.27. The van der Waals surface area contributed by atoms with Crippen molar-refractivity contribution >= 4 is 6.03 Å². The number of hydrogen-bond donors (Lipinski definition) is 1. The second-order valence-corrected chi connectivity index (χ2v) is 5.25. The molecule has 0 spiro atoms. The smallest absolute Gasteiger partial charge is 0.318 e. The molecule has 1 fully saturated rings. The normalized spacial score (nSPS) is 14.0. The maximum atomic E-state index is 12.1. The van der Waals surface area contributed by atoms with Gasteiger partial charge in [-0.1, -0.05) is 12.1 Å². The molecular weight excluding hydrogens is 238 g/mol. The van der Waals surface area contributed by atoms with Crippen molar-refractivity contribution < 1.29 is 4.79 Å². The standard InChI is InChI=1S/C15H19N3O/c1-11(2)18(15(19)17-14-7-8-14)10-13-5-3-12(9-16)4-6-13/h3-6,11,14H,7-8,10H2,1-2H3,(H,17,19). The molecule has 0 aliphatic heterocycles. The molecule has 2 amide bonds. The predicted molar refractivity (Wildman–Crippen MR) is 73.4 cm³/mol. The summed E-state index contributed by atoms with van der Waals surface area (Å²) < 4.78 is 0. The SMILES string of the molecule is CC(C)N(Cc1ccc(C#N)cc1)C(=O)NC1CC1. The Hall–Kier alpha value is -2.02. The van der Waals surface area contributed by atoms with Crippen LogP contribution in [-0.2, 0) is 6.54 Å². The summed E-state index contributed by atoms with van der Waals surface area (Å²) in [5.41, 5.74) is 1.68. The zero-order valence-electron chi connectivity index (χ0n) is 11.4. The van der Waals surface area contributed by atoms with E-state index in [1.807, 2.05) is 30.9 Å². The molecular formula is C15H19N3O. The molecule has 1 saturated carbocycles. The second kappa shape index (κ2) is 5.75. The van der Waals surface area contributed by atoms with Crippen LogP contribution in [0.5, 0.6) is 0 Å². The van der Waals surface area contributed by atoms with Gasteiger partial charge in [0.2, 0.25) is 0 Å². The van der Waals surface area contributed by atoms with E-state index in [-0.39, 0.29) is 12.1 Å². The molecule has 4 heteroatoms. The zero-order chi connectivity index (χ0) is 13.8. The van der Waals surface area contributed by atoms with Gasteiger partial charge in [-0.05, 0) is 44.4 Å². The number of carbonyl (C=O) groups excluding carboxylic acids is 1. The third-order valence-corrected chi connectivity index (χ3v) is 3.23. The summed E-state index contributed by atoms with van der Waals surface area (Å²) in [5, 5.41) is 11.8. The van der Waals surface area contributed by atoms with Crippen LogP contribution < -0.4 is 5.32 Å². The number of nitrogens with one attached hydrogen (secondary N) is 1. The molecule has 100 valence electrons. The number of hydrogen-bond acceptors (Lipinski definition) is 2. The Morgan fingerprint density at radius 2 is 2.05 bits per heavy atom. The fourth-order valence-electron chi connectivity index (χ4n) is 1.86. The Morgan fingerprint density at radius 1 is 1.42 bits per heavy atom. The summed E-state index contributed by atoms with van der Waals surface area (Å²) in [4.78, 5) is 13.9. The fraction of sp³-hybridized carbons (Fsp3) is 0.467. The molecule has 0 radical (unpaired) electrons. The summed E-state index contributed by atoms with van der Waals surface area (Å²) in [6.07, 6.45) is 2.18. The van der Waals surface area contributed by atoms with Gasteiger partial charge in [0.25, 0.3) is 0 Å². The number of nitrogens with zero attached hydrogens (tertiary/aromatic N) is 2. The molecule has 0 heterocycles. The minimum absolute atomic E-state index is 0.00172. The first-order valence-electron chi connectivity index (χ1n) is 6.66. The number of benzene rings is 1. The van der Waals surface area contributed by atoms with Crippen LogP contribution in [0.15, 0.2) is 24.3 Å². The number of amides is 2. The van der Waals surface area contributed by atoms with Crippen molar-refractivity contribution in [2.75, 3.05) is 0 Å². The van der Waals surface area contributed by atoms with Gasteiger partial charge in [0.15, 0.2) is 0 Å². The first-order chi connectivity index (χ1) is 9.10. The molecule has 2 rings (SSSR count). The summed E-state index contributed by atoms with van der Waals surface area (Å²) >= 11 is 0. The summed E-state index contributed by atoms with van der Waals surface area (Å²) in [6.45, 7) is 4.59. The first-order valence-corrected chi connectivity index (χ1v) is 6.66. The van der Waals surface area contributed by atoms with Gasteiger partial charge in [0.1, 0.15) is 0 Å². The highest BCUT2D eigenvalue weighted by molar-refractivity contribution is 5.75. The molecule has 1 aliphatic carbocycles. The minimum Gasteiger partial charge on any atom is -0.335 e. The van der Waals surface area contributed by atoms with Crippen molar-refractivity contribution in [2.45, 2.75) is 45.3 Å². The molecule has 0 atom stereocenters. The van der Waals surface area contributed by atoms with Gasteiger partial charge in [-0.15, -0.1) is 0 Å². The summed E-state index contributed by atoms with van der Waals surface area (Å²) in [6, 6.07) is 9.98. The third kappa shape index (κ3) is 3.72. The molecule has 1 aliphatic rings. The Labute approximate surface area is 114 Å². The summed E-state index contributed by atoms with van der Waals surface area (Å²) in [7, 11) is 0. The lowest BCUT2D eigenvalue weighted by Crippen LogP contribution is -2.44. The monoisotopic (exact) mass is 257 g/mol. The highest BCUT2D eigenvalue weighted by Gasteiger charge is 2.26. The van der Waals surface area contributed by atoms with Gasteiger partial charge in [-0.25, -0.2) is 4.79 Å². The van der Waals surface area contributed by atoms with Crippen LogP contribution in [0.3, 0.4) is 0 Å². The van der Waals surface area contributed by atoms with Crippen molar-refractivity contribution in [3.05, 3.63) is 35.4 Å². The van der Waals surface area contributed by atoms with Crippen molar-refractivity contribution in [3.8, 4) is 6.07 Å². The number of rotatable bonds is 4. The van der Waals surface area contributed by atoms with Crippen LogP contribution in [0.1, 0.15) is 37.8 Å². The topological polar surface area (TPSA) is 56.1 Å². The van der Waals surface area contributed by atoms with E-state index in [0.29, 0.717) is 18.2 Å². The Bertz CT molecular complexity index is 483. The molecule has 0 bridgehead atoms. The van der Waals surface area contributed by atoms with Crippen LogP contribution in [0, 0.1) is 11.3 Å². The minimum atomic E-state index is 0.00172. The zero-order valence-corrected chi connectivity index (χ0v) is 11.4. The van der Waals surface area contributed by atoms with Gasteiger partial charge >= 0.3 is 6.03 Å². The van der Waals surface area contributed by atoms with E-state index in [0.717, 1.165) is 18.4 Å². The highest BCUT2D eigenvalue weighted by atomic mass is 16.2. The van der Waals surface area contributed by atoms with Crippen LogP contribution >= 0.6 is 0 Å². The van der Waals surface area contributed by atoms with Crippen LogP contribution in [0.4, 0.5) is 4.79 Å². The van der Waals surface area contributed by atoms with Crippen LogP contribution in [0.25, 0.3) is 0 Å². The molecule has 1 aromatic rings. The fourth-order valence-corrected chi connectivity index (χ4v) is 1.86. The van der Waals surface area contributed by atoms with Crippen LogP contribution in [0.2, 0.25) is 0 Å². The quantitative estimate of drug-likeness (QED) is 0.901. The maximum absolute atomic E-state index is 12.1.